The van der Waals surface area contributed by atoms with Crippen LogP contribution in [0.15, 0.2) is 40.9 Å². The van der Waals surface area contributed by atoms with Crippen molar-refractivity contribution >= 4 is 38.9 Å². The first-order valence-electron chi connectivity index (χ1n) is 5.44. The van der Waals surface area contributed by atoms with Gasteiger partial charge in [-0.05, 0) is 37.3 Å². The van der Waals surface area contributed by atoms with Crippen LogP contribution in [-0.2, 0) is 4.79 Å². The van der Waals surface area contributed by atoms with E-state index in [1.165, 1.54) is 0 Å². The second-order valence-corrected chi connectivity index (χ2v) is 6.17. The number of carbonyl (C=O) groups is 1. The van der Waals surface area contributed by atoms with Crippen LogP contribution in [-0.4, -0.2) is 5.91 Å². The normalized spacial score (nSPS) is 12.1. The molecule has 0 aliphatic carbocycles. The van der Waals surface area contributed by atoms with Crippen LogP contribution < -0.4 is 11.1 Å². The van der Waals surface area contributed by atoms with Crippen molar-refractivity contribution in [2.24, 2.45) is 5.73 Å². The third-order valence-corrected chi connectivity index (χ3v) is 4.02. The highest BCUT2D eigenvalue weighted by atomic mass is 79.9. The maximum Gasteiger partial charge on any atom is 0.245 e. The van der Waals surface area contributed by atoms with E-state index in [1.54, 1.807) is 11.3 Å². The summed E-state index contributed by atoms with van der Waals surface area (Å²) >= 11 is 4.97. The number of aryl methyl sites for hydroxylation is 1. The van der Waals surface area contributed by atoms with Crippen LogP contribution in [0.2, 0.25) is 0 Å². The molecule has 0 aliphatic rings. The summed E-state index contributed by atoms with van der Waals surface area (Å²) in [6.07, 6.45) is 0. The number of hydrogen-bond acceptors (Lipinski definition) is 3. The molecule has 0 saturated heterocycles. The molecule has 0 spiro atoms. The van der Waals surface area contributed by atoms with E-state index in [1.807, 2.05) is 43.3 Å². The van der Waals surface area contributed by atoms with E-state index in [-0.39, 0.29) is 5.91 Å². The van der Waals surface area contributed by atoms with Gasteiger partial charge in [-0.2, -0.15) is 0 Å². The molecule has 5 heteroatoms. The van der Waals surface area contributed by atoms with Gasteiger partial charge in [-0.3, -0.25) is 4.79 Å². The van der Waals surface area contributed by atoms with E-state index in [0.29, 0.717) is 0 Å². The minimum Gasteiger partial charge on any atom is -0.369 e. The van der Waals surface area contributed by atoms with Crippen molar-refractivity contribution in [1.82, 2.24) is 0 Å². The highest BCUT2D eigenvalue weighted by Crippen LogP contribution is 2.27. The lowest BCUT2D eigenvalue weighted by Crippen LogP contribution is -2.26. The molecule has 3 nitrogen and oxygen atoms in total. The van der Waals surface area contributed by atoms with Crippen molar-refractivity contribution in [3.8, 4) is 0 Å². The van der Waals surface area contributed by atoms with E-state index < -0.39 is 6.04 Å². The number of hydrogen-bond donors (Lipinski definition) is 2. The van der Waals surface area contributed by atoms with Gasteiger partial charge in [0.15, 0.2) is 0 Å². The van der Waals surface area contributed by atoms with E-state index in [2.05, 4.69) is 21.2 Å². The molecule has 1 amide bonds. The molecule has 0 bridgehead atoms. The van der Waals surface area contributed by atoms with Crippen LogP contribution in [0.3, 0.4) is 0 Å². The Bertz CT molecular complexity index is 568. The zero-order valence-electron chi connectivity index (χ0n) is 9.81. The molecule has 0 fully saturated rings. The molecule has 2 rings (SSSR count). The van der Waals surface area contributed by atoms with Gasteiger partial charge in [0.1, 0.15) is 6.04 Å². The monoisotopic (exact) mass is 324 g/mol. The average Bonchev–Trinajstić information content (AvgIpc) is 2.72. The van der Waals surface area contributed by atoms with Crippen molar-refractivity contribution in [3.05, 3.63) is 50.6 Å². The van der Waals surface area contributed by atoms with Crippen LogP contribution in [0, 0.1) is 6.92 Å². The van der Waals surface area contributed by atoms with Crippen LogP contribution >= 0.6 is 27.3 Å². The van der Waals surface area contributed by atoms with Crippen LogP contribution in [0.25, 0.3) is 0 Å². The summed E-state index contributed by atoms with van der Waals surface area (Å²) in [4.78, 5) is 13.6. The van der Waals surface area contributed by atoms with Gasteiger partial charge in [0.25, 0.3) is 0 Å². The first-order valence-corrected chi connectivity index (χ1v) is 7.05. The molecule has 1 unspecified atom stereocenters. The van der Waals surface area contributed by atoms with Gasteiger partial charge in [0, 0.05) is 19.9 Å². The third kappa shape index (κ3) is 3.11. The Morgan fingerprint density at radius 2 is 2.17 bits per heavy atom. The highest BCUT2D eigenvalue weighted by Gasteiger charge is 2.19. The molecule has 1 aromatic carbocycles. The van der Waals surface area contributed by atoms with Gasteiger partial charge in [-0.25, -0.2) is 0 Å². The summed E-state index contributed by atoms with van der Waals surface area (Å²) in [7, 11) is 0. The Labute approximate surface area is 118 Å². The first-order chi connectivity index (χ1) is 8.56. The molecule has 1 atom stereocenters. The number of rotatable bonds is 4. The zero-order valence-corrected chi connectivity index (χ0v) is 12.2. The molecule has 18 heavy (non-hydrogen) atoms. The number of nitrogens with two attached hydrogens (primary N) is 1. The molecular weight excluding hydrogens is 312 g/mol. The first kappa shape index (κ1) is 13.1. The number of anilines is 1. The van der Waals surface area contributed by atoms with E-state index in [9.17, 15) is 4.79 Å². The van der Waals surface area contributed by atoms with Crippen molar-refractivity contribution in [2.75, 3.05) is 5.32 Å². The number of carbonyl (C=O) groups excluding carboxylic acids is 1. The SMILES string of the molecule is Cc1ccc(C(Nc2cccc(Br)c2)C(N)=O)s1. The topological polar surface area (TPSA) is 55.1 Å². The second-order valence-electron chi connectivity index (χ2n) is 3.94. The van der Waals surface area contributed by atoms with Gasteiger partial charge < -0.3 is 11.1 Å². The van der Waals surface area contributed by atoms with Gasteiger partial charge >= 0.3 is 0 Å². The Hall–Kier alpha value is -1.33. The molecule has 1 aromatic heterocycles. The maximum absolute atomic E-state index is 11.6. The average molecular weight is 325 g/mol. The van der Waals surface area contributed by atoms with E-state index >= 15 is 0 Å². The molecular formula is C13H13BrN2OS. The number of primary amides is 1. The molecule has 0 aliphatic heterocycles. The number of amides is 1. The lowest BCUT2D eigenvalue weighted by Gasteiger charge is -2.15. The summed E-state index contributed by atoms with van der Waals surface area (Å²) in [6, 6.07) is 11.1. The fourth-order valence-corrected chi connectivity index (χ4v) is 2.97. The summed E-state index contributed by atoms with van der Waals surface area (Å²) in [6.45, 7) is 2.01. The van der Waals surface area contributed by atoms with Crippen LogP contribution in [0.1, 0.15) is 15.8 Å². The summed E-state index contributed by atoms with van der Waals surface area (Å²) in [5.74, 6) is -0.378. The summed E-state index contributed by atoms with van der Waals surface area (Å²) < 4.78 is 0.957. The minimum absolute atomic E-state index is 0.378. The molecule has 0 saturated carbocycles. The van der Waals surface area contributed by atoms with Crippen molar-refractivity contribution < 1.29 is 4.79 Å². The smallest absolute Gasteiger partial charge is 0.245 e. The predicted octanol–water partition coefficient (Wildman–Crippen LogP) is 3.46. The van der Waals surface area contributed by atoms with Gasteiger partial charge in [0.05, 0.1) is 0 Å². The van der Waals surface area contributed by atoms with Crippen molar-refractivity contribution in [1.29, 1.82) is 0 Å². The molecule has 3 N–H and O–H groups in total. The Kier molecular flexibility index (Phi) is 4.04. The Morgan fingerprint density at radius 1 is 1.39 bits per heavy atom. The Balaban J connectivity index is 2.24. The predicted molar refractivity (Wildman–Crippen MR) is 78.8 cm³/mol. The van der Waals surface area contributed by atoms with Crippen molar-refractivity contribution in [2.45, 2.75) is 13.0 Å². The Morgan fingerprint density at radius 3 is 2.72 bits per heavy atom. The lowest BCUT2D eigenvalue weighted by molar-refractivity contribution is -0.118. The standard InChI is InChI=1S/C13H13BrN2OS/c1-8-5-6-11(18-8)12(13(15)17)16-10-4-2-3-9(14)7-10/h2-7,12,16H,1H3,(H2,15,17). The van der Waals surface area contributed by atoms with Crippen LogP contribution in [0.4, 0.5) is 5.69 Å². The maximum atomic E-state index is 11.6. The van der Waals surface area contributed by atoms with Gasteiger partial charge in [0.2, 0.25) is 5.91 Å². The highest BCUT2D eigenvalue weighted by molar-refractivity contribution is 9.10. The quantitative estimate of drug-likeness (QED) is 0.904. The molecule has 0 radical (unpaired) electrons. The molecule has 1 heterocycles. The fourth-order valence-electron chi connectivity index (χ4n) is 1.64. The molecule has 94 valence electrons. The minimum atomic E-state index is -0.488. The fraction of sp³-hybridized carbons (Fsp3) is 0.154. The second kappa shape index (κ2) is 5.54. The van der Waals surface area contributed by atoms with Gasteiger partial charge in [-0.15, -0.1) is 11.3 Å². The number of halogens is 1. The third-order valence-electron chi connectivity index (χ3n) is 2.47. The molecule has 2 aromatic rings. The van der Waals surface area contributed by atoms with Crippen molar-refractivity contribution in [3.63, 3.8) is 0 Å². The number of nitrogens with one attached hydrogen (secondary N) is 1. The number of benzene rings is 1. The van der Waals surface area contributed by atoms with Crippen LogP contribution in [0.5, 0.6) is 0 Å². The van der Waals surface area contributed by atoms with E-state index in [4.69, 9.17) is 5.73 Å². The van der Waals surface area contributed by atoms with Gasteiger partial charge in [-0.1, -0.05) is 22.0 Å². The summed E-state index contributed by atoms with van der Waals surface area (Å²) in [5, 5.41) is 3.15. The zero-order chi connectivity index (χ0) is 13.1. The summed E-state index contributed by atoms with van der Waals surface area (Å²) in [5.41, 5.74) is 6.32. The number of thiophene rings is 1. The lowest BCUT2D eigenvalue weighted by atomic mass is 10.2. The van der Waals surface area contributed by atoms with E-state index in [0.717, 1.165) is 19.9 Å². The largest absolute Gasteiger partial charge is 0.369 e.